The van der Waals surface area contributed by atoms with E-state index in [0.717, 1.165) is 31.4 Å². The summed E-state index contributed by atoms with van der Waals surface area (Å²) < 4.78 is 6.60. The predicted molar refractivity (Wildman–Crippen MR) is 80.9 cm³/mol. The molecule has 1 nitrogen and oxygen atoms in total. The zero-order valence-electron chi connectivity index (χ0n) is 10.3. The predicted octanol–water partition coefficient (Wildman–Crippen LogP) is 4.82. The first-order chi connectivity index (χ1) is 8.27. The molecule has 0 heterocycles. The lowest BCUT2D eigenvalue weighted by molar-refractivity contribution is 0.140. The maximum Gasteiger partial charge on any atom is 0.0466 e. The highest BCUT2D eigenvalue weighted by molar-refractivity contribution is 9.10. The maximum absolute atomic E-state index is 5.38. The van der Waals surface area contributed by atoms with E-state index in [1.165, 1.54) is 16.5 Å². The second-order valence-electron chi connectivity index (χ2n) is 4.16. The number of halogens is 2. The van der Waals surface area contributed by atoms with Gasteiger partial charge in [0.15, 0.2) is 0 Å². The molecule has 96 valence electrons. The van der Waals surface area contributed by atoms with Crippen LogP contribution < -0.4 is 0 Å². The van der Waals surface area contributed by atoms with Crippen molar-refractivity contribution in [2.75, 3.05) is 18.5 Å². The van der Waals surface area contributed by atoms with Crippen LogP contribution in [-0.2, 0) is 11.2 Å². The molecule has 0 amide bonds. The van der Waals surface area contributed by atoms with Crippen LogP contribution in [-0.4, -0.2) is 18.5 Å². The highest BCUT2D eigenvalue weighted by Crippen LogP contribution is 2.22. The van der Waals surface area contributed by atoms with Gasteiger partial charge in [0.05, 0.1) is 0 Å². The van der Waals surface area contributed by atoms with Crippen molar-refractivity contribution in [3.05, 3.63) is 34.3 Å². The minimum atomic E-state index is 0.689. The number of rotatable bonds is 8. The molecule has 1 rings (SSSR count). The molecule has 0 saturated carbocycles. The smallest absolute Gasteiger partial charge is 0.0466 e. The zero-order chi connectivity index (χ0) is 12.5. The van der Waals surface area contributed by atoms with Gasteiger partial charge in [-0.25, -0.2) is 0 Å². The Kier molecular flexibility index (Phi) is 8.15. The Hall–Kier alpha value is 0.140. The van der Waals surface area contributed by atoms with E-state index in [2.05, 4.69) is 56.1 Å². The van der Waals surface area contributed by atoms with Gasteiger partial charge in [-0.1, -0.05) is 50.1 Å². The molecule has 0 radical (unpaired) electrons. The van der Waals surface area contributed by atoms with Gasteiger partial charge in [-0.2, -0.15) is 0 Å². The molecule has 0 N–H and O–H groups in total. The molecule has 1 aromatic rings. The molecule has 1 atom stereocenters. The van der Waals surface area contributed by atoms with E-state index in [-0.39, 0.29) is 0 Å². The van der Waals surface area contributed by atoms with Crippen molar-refractivity contribution in [3.63, 3.8) is 0 Å². The van der Waals surface area contributed by atoms with E-state index in [1.54, 1.807) is 0 Å². The molecule has 0 saturated heterocycles. The van der Waals surface area contributed by atoms with Crippen molar-refractivity contribution in [3.8, 4) is 0 Å². The summed E-state index contributed by atoms with van der Waals surface area (Å²) in [6.45, 7) is 3.75. The fraction of sp³-hybridized carbons (Fsp3) is 0.571. The van der Waals surface area contributed by atoms with E-state index < -0.39 is 0 Å². The van der Waals surface area contributed by atoms with Gasteiger partial charge < -0.3 is 4.74 Å². The van der Waals surface area contributed by atoms with Crippen molar-refractivity contribution in [2.24, 2.45) is 5.92 Å². The lowest BCUT2D eigenvalue weighted by Gasteiger charge is -2.15. The zero-order valence-corrected chi connectivity index (χ0v) is 13.5. The second kappa shape index (κ2) is 9.12. The standard InChI is InChI=1S/C14H20Br2O/c1-2-17-9-5-6-12(11-15)10-13-7-3-4-8-14(13)16/h3-4,7-8,12H,2,5-6,9-11H2,1H3. The molecule has 3 heteroatoms. The monoisotopic (exact) mass is 362 g/mol. The van der Waals surface area contributed by atoms with Gasteiger partial charge in [0.2, 0.25) is 0 Å². The van der Waals surface area contributed by atoms with Crippen molar-refractivity contribution in [2.45, 2.75) is 26.2 Å². The number of benzene rings is 1. The molecule has 0 fully saturated rings. The van der Waals surface area contributed by atoms with Crippen LogP contribution in [0.5, 0.6) is 0 Å². The summed E-state index contributed by atoms with van der Waals surface area (Å²) >= 11 is 7.22. The van der Waals surface area contributed by atoms with Gasteiger partial charge in [0.1, 0.15) is 0 Å². The summed E-state index contributed by atoms with van der Waals surface area (Å²) in [5, 5.41) is 1.06. The first kappa shape index (κ1) is 15.2. The molecule has 0 bridgehead atoms. The fourth-order valence-electron chi connectivity index (χ4n) is 1.83. The Morgan fingerprint density at radius 3 is 2.71 bits per heavy atom. The van der Waals surface area contributed by atoms with Gasteiger partial charge in [-0.3, -0.25) is 0 Å². The molecule has 0 aromatic heterocycles. The van der Waals surface area contributed by atoms with Crippen molar-refractivity contribution in [1.82, 2.24) is 0 Å². The Balaban J connectivity index is 2.38. The van der Waals surface area contributed by atoms with Crippen LogP contribution >= 0.6 is 31.9 Å². The second-order valence-corrected chi connectivity index (χ2v) is 5.66. The summed E-state index contributed by atoms with van der Waals surface area (Å²) in [6, 6.07) is 8.47. The first-order valence-corrected chi connectivity index (χ1v) is 8.06. The number of ether oxygens (including phenoxy) is 1. The fourth-order valence-corrected chi connectivity index (χ4v) is 2.83. The highest BCUT2D eigenvalue weighted by atomic mass is 79.9. The Morgan fingerprint density at radius 1 is 1.29 bits per heavy atom. The minimum Gasteiger partial charge on any atom is -0.382 e. The van der Waals surface area contributed by atoms with Gasteiger partial charge in [0, 0.05) is 23.0 Å². The van der Waals surface area contributed by atoms with Crippen LogP contribution in [0.4, 0.5) is 0 Å². The highest BCUT2D eigenvalue weighted by Gasteiger charge is 2.10. The molecule has 1 unspecified atom stereocenters. The number of alkyl halides is 1. The molecule has 0 aliphatic carbocycles. The Bertz CT molecular complexity index is 315. The van der Waals surface area contributed by atoms with Crippen LogP contribution in [0.3, 0.4) is 0 Å². The Labute approximate surface area is 121 Å². The van der Waals surface area contributed by atoms with E-state index in [4.69, 9.17) is 4.74 Å². The van der Waals surface area contributed by atoms with E-state index in [0.29, 0.717) is 5.92 Å². The van der Waals surface area contributed by atoms with Crippen LogP contribution in [0, 0.1) is 5.92 Å². The van der Waals surface area contributed by atoms with Crippen molar-refractivity contribution >= 4 is 31.9 Å². The largest absolute Gasteiger partial charge is 0.382 e. The number of hydrogen-bond acceptors (Lipinski definition) is 1. The van der Waals surface area contributed by atoms with Gasteiger partial charge in [0.25, 0.3) is 0 Å². The maximum atomic E-state index is 5.38. The molecular formula is C14H20Br2O. The average molecular weight is 364 g/mol. The third kappa shape index (κ3) is 6.03. The Morgan fingerprint density at radius 2 is 2.06 bits per heavy atom. The van der Waals surface area contributed by atoms with Gasteiger partial charge >= 0.3 is 0 Å². The van der Waals surface area contributed by atoms with Gasteiger partial charge in [-0.05, 0) is 43.7 Å². The van der Waals surface area contributed by atoms with E-state index in [9.17, 15) is 0 Å². The minimum absolute atomic E-state index is 0.689. The van der Waals surface area contributed by atoms with Crippen molar-refractivity contribution < 1.29 is 4.74 Å². The summed E-state index contributed by atoms with van der Waals surface area (Å²) in [6.07, 6.45) is 3.49. The summed E-state index contributed by atoms with van der Waals surface area (Å²) in [5.74, 6) is 0.689. The third-order valence-corrected chi connectivity index (χ3v) is 4.48. The third-order valence-electron chi connectivity index (χ3n) is 2.79. The van der Waals surface area contributed by atoms with Crippen molar-refractivity contribution in [1.29, 1.82) is 0 Å². The van der Waals surface area contributed by atoms with E-state index >= 15 is 0 Å². The van der Waals surface area contributed by atoms with Crippen LogP contribution in [0.2, 0.25) is 0 Å². The lowest BCUT2D eigenvalue weighted by Crippen LogP contribution is -2.08. The summed E-state index contributed by atoms with van der Waals surface area (Å²) in [4.78, 5) is 0. The van der Waals surface area contributed by atoms with E-state index in [1.807, 2.05) is 6.92 Å². The summed E-state index contributed by atoms with van der Waals surface area (Å²) in [5.41, 5.74) is 1.40. The number of hydrogen-bond donors (Lipinski definition) is 0. The quantitative estimate of drug-likeness (QED) is 0.475. The molecule has 1 aromatic carbocycles. The lowest BCUT2D eigenvalue weighted by atomic mass is 9.97. The van der Waals surface area contributed by atoms with Crippen LogP contribution in [0.25, 0.3) is 0 Å². The molecular weight excluding hydrogens is 344 g/mol. The first-order valence-electron chi connectivity index (χ1n) is 6.15. The summed E-state index contributed by atoms with van der Waals surface area (Å²) in [7, 11) is 0. The molecule has 17 heavy (non-hydrogen) atoms. The normalized spacial score (nSPS) is 12.6. The van der Waals surface area contributed by atoms with Gasteiger partial charge in [-0.15, -0.1) is 0 Å². The SMILES string of the molecule is CCOCCCC(CBr)Cc1ccccc1Br. The molecule has 0 aliphatic heterocycles. The van der Waals surface area contributed by atoms with Crippen LogP contribution in [0.15, 0.2) is 28.7 Å². The average Bonchev–Trinajstić information content (AvgIpc) is 2.35. The molecule has 0 spiro atoms. The van der Waals surface area contributed by atoms with Crippen LogP contribution in [0.1, 0.15) is 25.3 Å². The topological polar surface area (TPSA) is 9.23 Å². The molecule has 0 aliphatic rings.